The number of piperazine rings is 1. The zero-order chi connectivity index (χ0) is 21.5. The van der Waals surface area contributed by atoms with Crippen LogP contribution in [0, 0.1) is 10.1 Å². The first kappa shape index (κ1) is 21.0. The molecule has 0 radical (unpaired) electrons. The quantitative estimate of drug-likeness (QED) is 0.450. The fourth-order valence-corrected chi connectivity index (χ4v) is 3.39. The summed E-state index contributed by atoms with van der Waals surface area (Å²) in [5.74, 6) is -0.503. The van der Waals surface area contributed by atoms with Gasteiger partial charge >= 0.3 is 0 Å². The van der Waals surface area contributed by atoms with Crippen LogP contribution in [0.1, 0.15) is 12.5 Å². The standard InChI is InChI=1S/C22H24N4O4/c1-17(23-21(27)12-11-18-7-3-2-4-8-18)22(28)25-15-13-24(14-16-25)19-9-5-6-10-20(19)26(29)30/h2-12,17H,13-16H2,1H3,(H,23,27)/b12-11+/t17-/m1/s1. The third-order valence-electron chi connectivity index (χ3n) is 4.97. The fraction of sp³-hybridized carbons (Fsp3) is 0.273. The van der Waals surface area contributed by atoms with Crippen molar-refractivity contribution < 1.29 is 14.5 Å². The Morgan fingerprint density at radius 2 is 1.67 bits per heavy atom. The van der Waals surface area contributed by atoms with Crippen molar-refractivity contribution in [1.82, 2.24) is 10.2 Å². The van der Waals surface area contributed by atoms with E-state index in [2.05, 4.69) is 5.32 Å². The number of carbonyl (C=O) groups is 2. The number of benzene rings is 2. The molecule has 1 aliphatic heterocycles. The summed E-state index contributed by atoms with van der Waals surface area (Å²) in [6, 6.07) is 15.4. The highest BCUT2D eigenvalue weighted by molar-refractivity contribution is 5.95. The van der Waals surface area contributed by atoms with Gasteiger partial charge in [-0.05, 0) is 24.6 Å². The van der Waals surface area contributed by atoms with Gasteiger partial charge in [-0.15, -0.1) is 0 Å². The summed E-state index contributed by atoms with van der Waals surface area (Å²) in [6.07, 6.45) is 3.10. The van der Waals surface area contributed by atoms with E-state index in [0.717, 1.165) is 5.56 Å². The molecule has 0 aliphatic carbocycles. The van der Waals surface area contributed by atoms with Crippen molar-refractivity contribution in [2.75, 3.05) is 31.1 Å². The summed E-state index contributed by atoms with van der Waals surface area (Å²) >= 11 is 0. The van der Waals surface area contributed by atoms with Gasteiger partial charge in [0.1, 0.15) is 11.7 Å². The summed E-state index contributed by atoms with van der Waals surface area (Å²) in [7, 11) is 0. The molecular weight excluding hydrogens is 384 g/mol. The van der Waals surface area contributed by atoms with Crippen LogP contribution in [-0.4, -0.2) is 53.9 Å². The number of nitro groups is 1. The molecule has 2 aromatic carbocycles. The van der Waals surface area contributed by atoms with Crippen LogP contribution in [0.15, 0.2) is 60.7 Å². The van der Waals surface area contributed by atoms with Gasteiger partial charge in [0.25, 0.3) is 5.69 Å². The van der Waals surface area contributed by atoms with E-state index in [1.54, 1.807) is 36.1 Å². The lowest BCUT2D eigenvalue weighted by Gasteiger charge is -2.36. The van der Waals surface area contributed by atoms with E-state index in [-0.39, 0.29) is 17.5 Å². The second-order valence-electron chi connectivity index (χ2n) is 7.03. The highest BCUT2D eigenvalue weighted by atomic mass is 16.6. The minimum Gasteiger partial charge on any atom is -0.362 e. The molecule has 2 amide bonds. The molecule has 30 heavy (non-hydrogen) atoms. The first-order chi connectivity index (χ1) is 14.5. The molecule has 0 saturated carbocycles. The molecule has 8 heteroatoms. The predicted octanol–water partition coefficient (Wildman–Crippen LogP) is 2.46. The summed E-state index contributed by atoms with van der Waals surface area (Å²) in [6.45, 7) is 3.51. The normalized spacial score (nSPS) is 15.1. The summed E-state index contributed by atoms with van der Waals surface area (Å²) < 4.78 is 0. The third kappa shape index (κ3) is 5.22. The first-order valence-electron chi connectivity index (χ1n) is 9.76. The largest absolute Gasteiger partial charge is 0.362 e. The van der Waals surface area contributed by atoms with Crippen LogP contribution in [0.2, 0.25) is 0 Å². The molecule has 156 valence electrons. The van der Waals surface area contributed by atoms with Crippen LogP contribution in [-0.2, 0) is 9.59 Å². The van der Waals surface area contributed by atoms with Crippen LogP contribution in [0.3, 0.4) is 0 Å². The van der Waals surface area contributed by atoms with Crippen LogP contribution in [0.4, 0.5) is 11.4 Å². The highest BCUT2D eigenvalue weighted by Crippen LogP contribution is 2.28. The molecule has 0 bridgehead atoms. The highest BCUT2D eigenvalue weighted by Gasteiger charge is 2.28. The monoisotopic (exact) mass is 408 g/mol. The Morgan fingerprint density at radius 3 is 2.33 bits per heavy atom. The van der Waals surface area contributed by atoms with E-state index < -0.39 is 11.0 Å². The van der Waals surface area contributed by atoms with Crippen molar-refractivity contribution in [2.24, 2.45) is 0 Å². The van der Waals surface area contributed by atoms with E-state index in [4.69, 9.17) is 0 Å². The smallest absolute Gasteiger partial charge is 0.292 e. The van der Waals surface area contributed by atoms with Crippen LogP contribution in [0.5, 0.6) is 0 Å². The maximum absolute atomic E-state index is 12.7. The van der Waals surface area contributed by atoms with E-state index in [0.29, 0.717) is 31.9 Å². The van der Waals surface area contributed by atoms with E-state index in [9.17, 15) is 19.7 Å². The number of nitro benzene ring substituents is 1. The van der Waals surface area contributed by atoms with Gasteiger partial charge in [0.15, 0.2) is 0 Å². The zero-order valence-electron chi connectivity index (χ0n) is 16.7. The maximum atomic E-state index is 12.7. The Balaban J connectivity index is 1.53. The predicted molar refractivity (Wildman–Crippen MR) is 115 cm³/mol. The zero-order valence-corrected chi connectivity index (χ0v) is 16.7. The first-order valence-corrected chi connectivity index (χ1v) is 9.76. The number of nitrogens with zero attached hydrogens (tertiary/aromatic N) is 3. The van der Waals surface area contributed by atoms with Gasteiger partial charge in [-0.2, -0.15) is 0 Å². The molecular formula is C22H24N4O4. The molecule has 1 N–H and O–H groups in total. The van der Waals surface area contributed by atoms with Gasteiger partial charge in [0.2, 0.25) is 11.8 Å². The maximum Gasteiger partial charge on any atom is 0.292 e. The number of anilines is 1. The Hall–Kier alpha value is -3.68. The second kappa shape index (κ2) is 9.69. The number of rotatable bonds is 6. The fourth-order valence-electron chi connectivity index (χ4n) is 3.39. The molecule has 2 aromatic rings. The van der Waals surface area contributed by atoms with Crippen molar-refractivity contribution in [3.8, 4) is 0 Å². The van der Waals surface area contributed by atoms with E-state index in [1.165, 1.54) is 12.1 Å². The van der Waals surface area contributed by atoms with Crippen molar-refractivity contribution in [1.29, 1.82) is 0 Å². The molecule has 1 saturated heterocycles. The molecule has 1 atom stereocenters. The van der Waals surface area contributed by atoms with Gasteiger partial charge in [0.05, 0.1) is 4.92 Å². The Labute approximate surface area is 174 Å². The van der Waals surface area contributed by atoms with Gasteiger partial charge in [0, 0.05) is 38.3 Å². The number of amides is 2. The SMILES string of the molecule is C[C@@H](NC(=O)/C=C/c1ccccc1)C(=O)N1CCN(c2ccccc2[N+](=O)[O-])CC1. The van der Waals surface area contributed by atoms with Crippen molar-refractivity contribution >= 4 is 29.3 Å². The second-order valence-corrected chi connectivity index (χ2v) is 7.03. The van der Waals surface area contributed by atoms with Gasteiger partial charge < -0.3 is 15.1 Å². The summed E-state index contributed by atoms with van der Waals surface area (Å²) in [5, 5.41) is 13.9. The van der Waals surface area contributed by atoms with Crippen LogP contribution in [0.25, 0.3) is 6.08 Å². The lowest BCUT2D eigenvalue weighted by Crippen LogP contribution is -2.54. The minimum absolute atomic E-state index is 0.0584. The molecule has 0 aromatic heterocycles. The number of para-hydroxylation sites is 2. The summed E-state index contributed by atoms with van der Waals surface area (Å²) in [4.78, 5) is 39.2. The van der Waals surface area contributed by atoms with Crippen molar-refractivity contribution in [3.63, 3.8) is 0 Å². The van der Waals surface area contributed by atoms with Crippen LogP contribution >= 0.6 is 0 Å². The third-order valence-corrected chi connectivity index (χ3v) is 4.97. The topological polar surface area (TPSA) is 95.8 Å². The summed E-state index contributed by atoms with van der Waals surface area (Å²) in [5.41, 5.74) is 1.52. The Bertz CT molecular complexity index is 937. The molecule has 8 nitrogen and oxygen atoms in total. The Kier molecular flexibility index (Phi) is 6.79. The average Bonchev–Trinajstić information content (AvgIpc) is 2.78. The lowest BCUT2D eigenvalue weighted by molar-refractivity contribution is -0.384. The number of carbonyl (C=O) groups excluding carboxylic acids is 2. The van der Waals surface area contributed by atoms with Crippen LogP contribution < -0.4 is 10.2 Å². The van der Waals surface area contributed by atoms with Crippen molar-refractivity contribution in [3.05, 3.63) is 76.4 Å². The number of nitrogens with one attached hydrogen (secondary N) is 1. The van der Waals surface area contributed by atoms with Gasteiger partial charge in [-0.1, -0.05) is 42.5 Å². The lowest BCUT2D eigenvalue weighted by atomic mass is 10.2. The van der Waals surface area contributed by atoms with E-state index in [1.807, 2.05) is 35.2 Å². The van der Waals surface area contributed by atoms with Crippen molar-refractivity contribution in [2.45, 2.75) is 13.0 Å². The average molecular weight is 408 g/mol. The molecule has 1 fully saturated rings. The molecule has 0 spiro atoms. The molecule has 1 aliphatic rings. The molecule has 3 rings (SSSR count). The molecule has 1 heterocycles. The minimum atomic E-state index is -0.657. The number of hydrogen-bond acceptors (Lipinski definition) is 5. The van der Waals surface area contributed by atoms with E-state index >= 15 is 0 Å². The van der Waals surface area contributed by atoms with Gasteiger partial charge in [-0.25, -0.2) is 0 Å². The number of hydrogen-bond donors (Lipinski definition) is 1. The molecule has 0 unspecified atom stereocenters. The van der Waals surface area contributed by atoms with Gasteiger partial charge in [-0.3, -0.25) is 19.7 Å². The Morgan fingerprint density at radius 1 is 1.03 bits per heavy atom.